The van der Waals surface area contributed by atoms with Gasteiger partial charge in [0.05, 0.1) is 24.3 Å². The van der Waals surface area contributed by atoms with Crippen molar-refractivity contribution in [1.82, 2.24) is 20.1 Å². The number of carbonyl (C=O) groups excluding carboxylic acids is 1. The van der Waals surface area contributed by atoms with Crippen LogP contribution in [0.2, 0.25) is 0 Å². The number of carbonyl (C=O) groups is 1. The van der Waals surface area contributed by atoms with E-state index in [1.807, 2.05) is 6.07 Å². The van der Waals surface area contributed by atoms with Crippen LogP contribution in [0.25, 0.3) is 0 Å². The van der Waals surface area contributed by atoms with Gasteiger partial charge in [-0.1, -0.05) is 11.3 Å². The van der Waals surface area contributed by atoms with E-state index >= 15 is 0 Å². The third kappa shape index (κ3) is 2.97. The zero-order valence-electron chi connectivity index (χ0n) is 13.3. The van der Waals surface area contributed by atoms with Gasteiger partial charge in [0, 0.05) is 25.8 Å². The molecule has 0 aliphatic carbocycles. The van der Waals surface area contributed by atoms with Crippen LogP contribution >= 0.6 is 11.3 Å². The van der Waals surface area contributed by atoms with Crippen LogP contribution in [0.5, 0.6) is 0 Å². The van der Waals surface area contributed by atoms with Gasteiger partial charge in [-0.2, -0.15) is 0 Å². The molecule has 2 aliphatic heterocycles. The first-order valence-electron chi connectivity index (χ1n) is 7.81. The molecule has 4 heterocycles. The minimum Gasteiger partial charge on any atom is -0.373 e. The van der Waals surface area contributed by atoms with Crippen molar-refractivity contribution in [1.29, 1.82) is 0 Å². The topological polar surface area (TPSA) is 83.5 Å². The number of nitrogens with zero attached hydrogens (tertiary/aromatic N) is 5. The first-order chi connectivity index (χ1) is 11.7. The number of anilines is 2. The van der Waals surface area contributed by atoms with Crippen LogP contribution in [-0.2, 0) is 4.74 Å². The average molecular weight is 346 g/mol. The van der Waals surface area contributed by atoms with Crippen molar-refractivity contribution >= 4 is 28.2 Å². The molecule has 126 valence electrons. The van der Waals surface area contributed by atoms with Crippen molar-refractivity contribution in [3.63, 3.8) is 0 Å². The molecule has 2 atom stereocenters. The van der Waals surface area contributed by atoms with Crippen LogP contribution in [-0.4, -0.2) is 71.4 Å². The van der Waals surface area contributed by atoms with Gasteiger partial charge in [-0.05, 0) is 19.2 Å². The molecule has 24 heavy (non-hydrogen) atoms. The summed E-state index contributed by atoms with van der Waals surface area (Å²) in [6.45, 7) is 3.47. The lowest BCUT2D eigenvalue weighted by Gasteiger charge is -2.33. The van der Waals surface area contributed by atoms with Gasteiger partial charge in [-0.3, -0.25) is 15.0 Å². The summed E-state index contributed by atoms with van der Waals surface area (Å²) < 4.78 is 5.86. The summed E-state index contributed by atoms with van der Waals surface area (Å²) in [7, 11) is 2.14. The van der Waals surface area contributed by atoms with Crippen LogP contribution < -0.4 is 10.2 Å². The third-order valence-corrected chi connectivity index (χ3v) is 5.10. The second-order valence-corrected chi connectivity index (χ2v) is 6.80. The van der Waals surface area contributed by atoms with Crippen molar-refractivity contribution < 1.29 is 9.53 Å². The minimum atomic E-state index is -0.232. The van der Waals surface area contributed by atoms with Gasteiger partial charge >= 0.3 is 0 Å². The molecule has 1 amide bonds. The highest BCUT2D eigenvalue weighted by Crippen LogP contribution is 2.25. The van der Waals surface area contributed by atoms with E-state index in [-0.39, 0.29) is 12.0 Å². The number of pyridine rings is 1. The van der Waals surface area contributed by atoms with Crippen molar-refractivity contribution in [3.8, 4) is 0 Å². The predicted molar refractivity (Wildman–Crippen MR) is 90.5 cm³/mol. The summed E-state index contributed by atoms with van der Waals surface area (Å²) in [5.74, 6) is 0.637. The largest absolute Gasteiger partial charge is 0.373 e. The molecule has 0 saturated carbocycles. The quantitative estimate of drug-likeness (QED) is 0.876. The maximum Gasteiger partial charge on any atom is 0.259 e. The smallest absolute Gasteiger partial charge is 0.259 e. The Morgan fingerprint density at radius 3 is 3.04 bits per heavy atom. The second-order valence-electron chi connectivity index (χ2n) is 5.97. The Kier molecular flexibility index (Phi) is 4.13. The van der Waals surface area contributed by atoms with Gasteiger partial charge in [0.25, 0.3) is 5.91 Å². The van der Waals surface area contributed by atoms with Crippen LogP contribution in [0.1, 0.15) is 10.4 Å². The SMILES string of the molecule is CN1CCOC2CN(c3ccc(C(=O)Nc4nncs4)cn3)CC21. The van der Waals surface area contributed by atoms with Crippen LogP contribution in [0.4, 0.5) is 10.9 Å². The van der Waals surface area contributed by atoms with Crippen LogP contribution in [0.3, 0.4) is 0 Å². The van der Waals surface area contributed by atoms with Gasteiger partial charge < -0.3 is 9.64 Å². The van der Waals surface area contributed by atoms with Gasteiger partial charge in [0.15, 0.2) is 0 Å². The number of amides is 1. The standard InChI is InChI=1S/C15H18N6O2S/c1-20-4-5-23-12-8-21(7-11(12)20)13-3-2-10(6-16-13)14(22)18-15-19-17-9-24-15/h2-3,6,9,11-12H,4-5,7-8H2,1H3,(H,18,19,22). The molecule has 1 N–H and O–H groups in total. The molecular weight excluding hydrogens is 328 g/mol. The Labute approximate surface area is 143 Å². The fraction of sp³-hybridized carbons (Fsp3) is 0.467. The number of morpholine rings is 1. The lowest BCUT2D eigenvalue weighted by Crippen LogP contribution is -2.48. The minimum absolute atomic E-state index is 0.228. The van der Waals surface area contributed by atoms with Gasteiger partial charge in [-0.25, -0.2) is 4.98 Å². The molecular formula is C15H18N6O2S. The monoisotopic (exact) mass is 346 g/mol. The summed E-state index contributed by atoms with van der Waals surface area (Å²) in [6.07, 6.45) is 1.82. The highest BCUT2D eigenvalue weighted by molar-refractivity contribution is 7.13. The van der Waals surface area contributed by atoms with E-state index in [4.69, 9.17) is 4.74 Å². The number of ether oxygens (including phenoxy) is 1. The van der Waals surface area contributed by atoms with E-state index in [1.54, 1.807) is 17.8 Å². The number of nitrogens with one attached hydrogen (secondary N) is 1. The molecule has 8 nitrogen and oxygen atoms in total. The molecule has 2 unspecified atom stereocenters. The zero-order valence-corrected chi connectivity index (χ0v) is 14.1. The van der Waals surface area contributed by atoms with Crippen molar-refractivity contribution in [2.24, 2.45) is 0 Å². The lowest BCUT2D eigenvalue weighted by molar-refractivity contribution is -0.0362. The lowest BCUT2D eigenvalue weighted by atomic mass is 10.1. The molecule has 2 aromatic heterocycles. The number of fused-ring (bicyclic) bond motifs is 1. The fourth-order valence-corrected chi connectivity index (χ4v) is 3.59. The third-order valence-electron chi connectivity index (χ3n) is 4.49. The maximum absolute atomic E-state index is 12.1. The summed E-state index contributed by atoms with van der Waals surface area (Å²) >= 11 is 1.28. The number of hydrogen-bond acceptors (Lipinski definition) is 8. The normalized spacial score (nSPS) is 24.0. The molecule has 0 aromatic carbocycles. The summed E-state index contributed by atoms with van der Waals surface area (Å²) in [5.41, 5.74) is 2.07. The first kappa shape index (κ1) is 15.4. The van der Waals surface area contributed by atoms with Gasteiger partial charge in [0.2, 0.25) is 5.13 Å². The second kappa shape index (κ2) is 6.42. The highest BCUT2D eigenvalue weighted by atomic mass is 32.1. The summed E-state index contributed by atoms with van der Waals surface area (Å²) in [4.78, 5) is 21.1. The van der Waals surface area contributed by atoms with Gasteiger partial charge in [0.1, 0.15) is 11.3 Å². The van der Waals surface area contributed by atoms with Crippen molar-refractivity contribution in [2.45, 2.75) is 12.1 Å². The van der Waals surface area contributed by atoms with Crippen LogP contribution in [0, 0.1) is 0 Å². The Morgan fingerprint density at radius 2 is 2.33 bits per heavy atom. The van der Waals surface area contributed by atoms with Crippen LogP contribution in [0.15, 0.2) is 23.8 Å². The number of aromatic nitrogens is 3. The van der Waals surface area contributed by atoms with E-state index in [1.165, 1.54) is 11.3 Å². The van der Waals surface area contributed by atoms with E-state index < -0.39 is 0 Å². The Bertz CT molecular complexity index is 707. The number of likely N-dealkylation sites (N-methyl/N-ethyl adjacent to an activating group) is 1. The van der Waals surface area contributed by atoms with E-state index in [0.717, 1.165) is 32.1 Å². The van der Waals surface area contributed by atoms with Crippen molar-refractivity contribution in [3.05, 3.63) is 29.4 Å². The van der Waals surface area contributed by atoms with Crippen molar-refractivity contribution in [2.75, 3.05) is 43.5 Å². The fourth-order valence-electron chi connectivity index (χ4n) is 3.15. The Hall–Kier alpha value is -2.10. The van der Waals surface area contributed by atoms with E-state index in [9.17, 15) is 4.79 Å². The van der Waals surface area contributed by atoms with Gasteiger partial charge in [-0.15, -0.1) is 10.2 Å². The molecule has 2 aliphatic rings. The molecule has 0 bridgehead atoms. The van der Waals surface area contributed by atoms with E-state index in [2.05, 4.69) is 37.3 Å². The molecule has 0 radical (unpaired) electrons. The Morgan fingerprint density at radius 1 is 1.42 bits per heavy atom. The molecule has 9 heteroatoms. The number of hydrogen-bond donors (Lipinski definition) is 1. The zero-order chi connectivity index (χ0) is 16.5. The first-order valence-corrected chi connectivity index (χ1v) is 8.69. The molecule has 2 fully saturated rings. The molecule has 0 spiro atoms. The predicted octanol–water partition coefficient (Wildman–Crippen LogP) is 0.705. The highest BCUT2D eigenvalue weighted by Gasteiger charge is 2.39. The summed E-state index contributed by atoms with van der Waals surface area (Å²) in [5, 5.41) is 10.7. The number of rotatable bonds is 3. The maximum atomic E-state index is 12.1. The average Bonchev–Trinajstić information content (AvgIpc) is 3.25. The molecule has 4 rings (SSSR count). The molecule has 2 aromatic rings. The Balaban J connectivity index is 1.43. The summed E-state index contributed by atoms with van der Waals surface area (Å²) in [6, 6.07) is 4.07. The molecule has 2 saturated heterocycles. The van der Waals surface area contributed by atoms with E-state index in [0.29, 0.717) is 16.7 Å².